The second-order valence-corrected chi connectivity index (χ2v) is 3.84. The van der Waals surface area contributed by atoms with E-state index in [1.165, 1.54) is 0 Å². The third-order valence-corrected chi connectivity index (χ3v) is 2.51. The molecule has 0 saturated heterocycles. The van der Waals surface area contributed by atoms with Crippen LogP contribution in [0, 0.1) is 11.8 Å². The first-order chi connectivity index (χ1) is 7.19. The van der Waals surface area contributed by atoms with E-state index in [4.69, 9.17) is 23.2 Å². The highest BCUT2D eigenvalue weighted by molar-refractivity contribution is 6.34. The van der Waals surface area contributed by atoms with E-state index in [1.807, 2.05) is 14.0 Å². The number of pyridine rings is 1. The largest absolute Gasteiger partial charge is 0.311 e. The van der Waals surface area contributed by atoms with E-state index < -0.39 is 0 Å². The molecule has 4 heteroatoms. The van der Waals surface area contributed by atoms with Gasteiger partial charge in [-0.3, -0.25) is 4.98 Å². The molecule has 1 atom stereocenters. The minimum atomic E-state index is 0.0437. The van der Waals surface area contributed by atoms with Crippen LogP contribution in [-0.4, -0.2) is 12.0 Å². The van der Waals surface area contributed by atoms with Gasteiger partial charge in [0.25, 0.3) is 0 Å². The predicted octanol–water partition coefficient (Wildman–Crippen LogP) is 3.06. The molecular formula is C11H12Cl2N2. The summed E-state index contributed by atoms with van der Waals surface area (Å²) in [5, 5.41) is 4.23. The number of nitrogens with one attached hydrogen (secondary N) is 1. The lowest BCUT2D eigenvalue weighted by Gasteiger charge is -2.13. The Labute approximate surface area is 100.0 Å². The zero-order valence-electron chi connectivity index (χ0n) is 8.64. The number of aromatic nitrogens is 1. The standard InChI is InChI=1S/C11H12Cl2N2/c1-3-4-5-10(14-2)11-9(13)6-8(12)7-15-11/h6-7,10,14H,5H2,1-2H3. The van der Waals surface area contributed by atoms with Gasteiger partial charge in [0.05, 0.1) is 21.8 Å². The van der Waals surface area contributed by atoms with Crippen LogP contribution in [-0.2, 0) is 0 Å². The minimum Gasteiger partial charge on any atom is -0.311 e. The summed E-state index contributed by atoms with van der Waals surface area (Å²) in [6.45, 7) is 1.81. The maximum Gasteiger partial charge on any atom is 0.0769 e. The van der Waals surface area contributed by atoms with Crippen LogP contribution < -0.4 is 5.32 Å². The van der Waals surface area contributed by atoms with Crippen LogP contribution in [0.1, 0.15) is 25.1 Å². The Morgan fingerprint density at radius 3 is 2.80 bits per heavy atom. The molecule has 0 fully saturated rings. The van der Waals surface area contributed by atoms with Crippen molar-refractivity contribution in [3.05, 3.63) is 28.0 Å². The molecule has 1 heterocycles. The summed E-state index contributed by atoms with van der Waals surface area (Å²) in [4.78, 5) is 4.21. The lowest BCUT2D eigenvalue weighted by atomic mass is 10.1. The van der Waals surface area contributed by atoms with Gasteiger partial charge >= 0.3 is 0 Å². The average molecular weight is 243 g/mol. The predicted molar refractivity (Wildman–Crippen MR) is 64.1 cm³/mol. The molecule has 0 amide bonds. The summed E-state index contributed by atoms with van der Waals surface area (Å²) < 4.78 is 0. The number of halogens is 2. The SMILES string of the molecule is CC#CCC(NC)c1ncc(Cl)cc1Cl. The molecule has 0 aliphatic carbocycles. The second-order valence-electron chi connectivity index (χ2n) is 2.99. The van der Waals surface area contributed by atoms with Crippen molar-refractivity contribution in [1.29, 1.82) is 0 Å². The number of hydrogen-bond donors (Lipinski definition) is 1. The van der Waals surface area contributed by atoms with Crippen LogP contribution in [0.2, 0.25) is 10.0 Å². The Bertz CT molecular complexity index is 393. The molecule has 0 bridgehead atoms. The van der Waals surface area contributed by atoms with Gasteiger partial charge in [-0.1, -0.05) is 23.2 Å². The highest BCUT2D eigenvalue weighted by atomic mass is 35.5. The van der Waals surface area contributed by atoms with E-state index in [2.05, 4.69) is 22.1 Å². The van der Waals surface area contributed by atoms with Crippen LogP contribution in [0.25, 0.3) is 0 Å². The molecule has 0 spiro atoms. The fourth-order valence-corrected chi connectivity index (χ4v) is 1.73. The third-order valence-electron chi connectivity index (χ3n) is 2.00. The normalized spacial score (nSPS) is 11.7. The van der Waals surface area contributed by atoms with Crippen LogP contribution >= 0.6 is 23.2 Å². The van der Waals surface area contributed by atoms with E-state index in [9.17, 15) is 0 Å². The van der Waals surface area contributed by atoms with E-state index in [0.29, 0.717) is 16.5 Å². The van der Waals surface area contributed by atoms with Gasteiger partial charge in [-0.25, -0.2) is 0 Å². The fourth-order valence-electron chi connectivity index (χ4n) is 1.22. The molecule has 1 N–H and O–H groups in total. The van der Waals surface area contributed by atoms with Gasteiger partial charge in [0.15, 0.2) is 0 Å². The van der Waals surface area contributed by atoms with Gasteiger partial charge in [-0.05, 0) is 20.0 Å². The summed E-state index contributed by atoms with van der Waals surface area (Å²) in [5.41, 5.74) is 0.784. The molecule has 0 aromatic carbocycles. The van der Waals surface area contributed by atoms with Crippen LogP contribution in [0.3, 0.4) is 0 Å². The summed E-state index contributed by atoms with van der Waals surface area (Å²) in [5.74, 6) is 5.84. The molecular weight excluding hydrogens is 231 g/mol. The van der Waals surface area contributed by atoms with E-state index in [1.54, 1.807) is 12.3 Å². The summed E-state index contributed by atoms with van der Waals surface area (Å²) >= 11 is 11.8. The summed E-state index contributed by atoms with van der Waals surface area (Å²) in [7, 11) is 1.86. The zero-order valence-corrected chi connectivity index (χ0v) is 10.2. The van der Waals surface area contributed by atoms with Gasteiger partial charge in [0.1, 0.15) is 0 Å². The Morgan fingerprint density at radius 1 is 1.53 bits per heavy atom. The van der Waals surface area contributed by atoms with E-state index in [-0.39, 0.29) is 6.04 Å². The van der Waals surface area contributed by atoms with Crippen LogP contribution in [0.4, 0.5) is 0 Å². The summed E-state index contributed by atoms with van der Waals surface area (Å²) in [6.07, 6.45) is 2.27. The Morgan fingerprint density at radius 2 is 2.27 bits per heavy atom. The maximum absolute atomic E-state index is 6.05. The smallest absolute Gasteiger partial charge is 0.0769 e. The number of hydrogen-bond acceptors (Lipinski definition) is 2. The van der Waals surface area contributed by atoms with Gasteiger partial charge in [0.2, 0.25) is 0 Å². The first kappa shape index (κ1) is 12.3. The molecule has 0 aliphatic heterocycles. The van der Waals surface area contributed by atoms with E-state index in [0.717, 1.165) is 5.69 Å². The molecule has 1 unspecified atom stereocenters. The second kappa shape index (κ2) is 5.97. The highest BCUT2D eigenvalue weighted by Crippen LogP contribution is 2.25. The lowest BCUT2D eigenvalue weighted by Crippen LogP contribution is -2.17. The zero-order chi connectivity index (χ0) is 11.3. The molecule has 1 aromatic heterocycles. The monoisotopic (exact) mass is 242 g/mol. The lowest BCUT2D eigenvalue weighted by molar-refractivity contribution is 0.594. The molecule has 1 aromatic rings. The van der Waals surface area contributed by atoms with Crippen molar-refractivity contribution in [1.82, 2.24) is 10.3 Å². The van der Waals surface area contributed by atoms with Crippen molar-refractivity contribution in [2.75, 3.05) is 7.05 Å². The Hall–Kier alpha value is -0.750. The van der Waals surface area contributed by atoms with Crippen molar-refractivity contribution >= 4 is 23.2 Å². The molecule has 0 radical (unpaired) electrons. The molecule has 1 rings (SSSR count). The third kappa shape index (κ3) is 3.39. The number of nitrogens with zero attached hydrogens (tertiary/aromatic N) is 1. The molecule has 2 nitrogen and oxygen atoms in total. The van der Waals surface area contributed by atoms with Crippen molar-refractivity contribution < 1.29 is 0 Å². The molecule has 0 saturated carbocycles. The molecule has 80 valence electrons. The average Bonchev–Trinajstić information content (AvgIpc) is 2.21. The molecule has 15 heavy (non-hydrogen) atoms. The van der Waals surface area contributed by atoms with Crippen molar-refractivity contribution in [2.24, 2.45) is 0 Å². The summed E-state index contributed by atoms with van der Waals surface area (Å²) in [6, 6.07) is 1.73. The van der Waals surface area contributed by atoms with Gasteiger partial charge < -0.3 is 5.32 Å². The van der Waals surface area contributed by atoms with Crippen LogP contribution in [0.5, 0.6) is 0 Å². The first-order valence-corrected chi connectivity index (χ1v) is 5.32. The first-order valence-electron chi connectivity index (χ1n) is 4.56. The van der Waals surface area contributed by atoms with E-state index >= 15 is 0 Å². The van der Waals surface area contributed by atoms with Crippen molar-refractivity contribution in [2.45, 2.75) is 19.4 Å². The quantitative estimate of drug-likeness (QED) is 0.825. The molecule has 0 aliphatic rings. The van der Waals surface area contributed by atoms with Gasteiger partial charge in [-0.15, -0.1) is 11.8 Å². The highest BCUT2D eigenvalue weighted by Gasteiger charge is 2.13. The Balaban J connectivity index is 2.94. The maximum atomic E-state index is 6.05. The Kier molecular flexibility index (Phi) is 4.90. The van der Waals surface area contributed by atoms with Crippen LogP contribution in [0.15, 0.2) is 12.3 Å². The number of rotatable bonds is 3. The topological polar surface area (TPSA) is 24.9 Å². The van der Waals surface area contributed by atoms with Gasteiger partial charge in [-0.2, -0.15) is 0 Å². The van der Waals surface area contributed by atoms with Gasteiger partial charge in [0, 0.05) is 12.6 Å². The fraction of sp³-hybridized carbons (Fsp3) is 0.364. The minimum absolute atomic E-state index is 0.0437. The van der Waals surface area contributed by atoms with Crippen molar-refractivity contribution in [3.63, 3.8) is 0 Å². The van der Waals surface area contributed by atoms with Crippen molar-refractivity contribution in [3.8, 4) is 11.8 Å².